The molecular weight excluding hydrogens is 300 g/mol. The largest absolute Gasteiger partial charge is 0.325 e. The Kier molecular flexibility index (Phi) is 3.24. The zero-order valence-corrected chi connectivity index (χ0v) is 12.9. The molecule has 0 atom stereocenters. The van der Waals surface area contributed by atoms with E-state index in [0.29, 0.717) is 18.5 Å². The second kappa shape index (κ2) is 5.43. The molecule has 1 amide bonds. The maximum Gasteiger partial charge on any atom is 0.244 e. The number of nitriles is 1. The summed E-state index contributed by atoms with van der Waals surface area (Å²) in [4.78, 5) is 20.7. The van der Waals surface area contributed by atoms with Crippen molar-refractivity contribution in [1.82, 2.24) is 9.97 Å². The van der Waals surface area contributed by atoms with Crippen LogP contribution in [0.2, 0.25) is 0 Å². The molecule has 4 rings (SSSR count). The van der Waals surface area contributed by atoms with Gasteiger partial charge in [-0.3, -0.25) is 14.8 Å². The molecule has 0 saturated heterocycles. The topological polar surface area (TPSA) is 78.7 Å². The third kappa shape index (κ3) is 2.48. The lowest BCUT2D eigenvalue weighted by Crippen LogP contribution is -2.22. The Labute approximate surface area is 139 Å². The minimum Gasteiger partial charge on any atom is -0.325 e. The number of nitrogens with zero attached hydrogens (tertiary/aromatic N) is 3. The molecule has 0 radical (unpaired) electrons. The fourth-order valence-electron chi connectivity index (χ4n) is 2.65. The van der Waals surface area contributed by atoms with E-state index >= 15 is 0 Å². The zero-order valence-electron chi connectivity index (χ0n) is 12.9. The van der Waals surface area contributed by atoms with Crippen LogP contribution in [0.4, 0.5) is 5.69 Å². The van der Waals surface area contributed by atoms with Crippen molar-refractivity contribution >= 4 is 22.6 Å². The van der Waals surface area contributed by atoms with E-state index in [-0.39, 0.29) is 5.91 Å². The molecule has 5 nitrogen and oxygen atoms in total. The maximum absolute atomic E-state index is 12.1. The Morgan fingerprint density at radius 2 is 1.67 bits per heavy atom. The number of carbonyl (C=O) groups is 1. The smallest absolute Gasteiger partial charge is 0.244 e. The highest BCUT2D eigenvalue weighted by Gasteiger charge is 2.50. The van der Waals surface area contributed by atoms with E-state index in [2.05, 4.69) is 21.4 Å². The quantitative estimate of drug-likeness (QED) is 0.802. The number of aromatic nitrogens is 2. The van der Waals surface area contributed by atoms with Crippen LogP contribution >= 0.6 is 0 Å². The molecule has 1 saturated carbocycles. The molecule has 1 N–H and O–H groups in total. The van der Waals surface area contributed by atoms with Gasteiger partial charge in [0.25, 0.3) is 0 Å². The van der Waals surface area contributed by atoms with Gasteiger partial charge in [0.1, 0.15) is 5.41 Å². The van der Waals surface area contributed by atoms with E-state index in [4.69, 9.17) is 5.26 Å². The summed E-state index contributed by atoms with van der Waals surface area (Å²) in [5, 5.41) is 11.9. The standard InChI is InChI=1S/C19H14N4O/c20-12-19(7-8-19)18(24)23-15-4-1-13(2-5-15)14-3-6-16-17(11-14)22-10-9-21-16/h1-6,9-11H,7-8H2,(H,23,24). The summed E-state index contributed by atoms with van der Waals surface area (Å²) in [6.45, 7) is 0. The summed E-state index contributed by atoms with van der Waals surface area (Å²) in [5.74, 6) is -0.210. The zero-order chi connectivity index (χ0) is 16.6. The fourth-order valence-corrected chi connectivity index (χ4v) is 2.65. The van der Waals surface area contributed by atoms with Crippen LogP contribution in [-0.4, -0.2) is 15.9 Å². The predicted octanol–water partition coefficient (Wildman–Crippen LogP) is 3.54. The van der Waals surface area contributed by atoms with Gasteiger partial charge >= 0.3 is 0 Å². The van der Waals surface area contributed by atoms with Crippen LogP contribution in [0.5, 0.6) is 0 Å². The van der Waals surface area contributed by atoms with Gasteiger partial charge < -0.3 is 5.32 Å². The number of carbonyl (C=O) groups excluding carboxylic acids is 1. The van der Waals surface area contributed by atoms with Crippen LogP contribution in [0, 0.1) is 16.7 Å². The Hall–Kier alpha value is -3.26. The first-order valence-corrected chi connectivity index (χ1v) is 7.74. The van der Waals surface area contributed by atoms with E-state index in [9.17, 15) is 4.79 Å². The highest BCUT2D eigenvalue weighted by Crippen LogP contribution is 2.45. The molecule has 0 bridgehead atoms. The van der Waals surface area contributed by atoms with Crippen molar-refractivity contribution in [2.24, 2.45) is 5.41 Å². The summed E-state index contributed by atoms with van der Waals surface area (Å²) < 4.78 is 0. The Bertz CT molecular complexity index is 969. The van der Waals surface area contributed by atoms with Gasteiger partial charge in [0.15, 0.2) is 0 Å². The average molecular weight is 314 g/mol. The van der Waals surface area contributed by atoms with Gasteiger partial charge in [-0.25, -0.2) is 0 Å². The van der Waals surface area contributed by atoms with E-state index in [0.717, 1.165) is 22.2 Å². The number of anilines is 1. The first-order valence-electron chi connectivity index (χ1n) is 7.74. The van der Waals surface area contributed by atoms with E-state index in [1.54, 1.807) is 12.4 Å². The molecule has 1 aromatic heterocycles. The van der Waals surface area contributed by atoms with Crippen LogP contribution in [0.15, 0.2) is 54.9 Å². The van der Waals surface area contributed by atoms with Crippen molar-refractivity contribution in [2.45, 2.75) is 12.8 Å². The van der Waals surface area contributed by atoms with Crippen molar-refractivity contribution in [1.29, 1.82) is 5.26 Å². The average Bonchev–Trinajstić information content (AvgIpc) is 3.43. The number of benzene rings is 2. The van der Waals surface area contributed by atoms with Crippen molar-refractivity contribution in [3.8, 4) is 17.2 Å². The highest BCUT2D eigenvalue weighted by molar-refractivity contribution is 5.99. The molecule has 1 heterocycles. The number of rotatable bonds is 3. The Morgan fingerprint density at radius 3 is 2.33 bits per heavy atom. The molecule has 5 heteroatoms. The van der Waals surface area contributed by atoms with Crippen molar-refractivity contribution in [3.63, 3.8) is 0 Å². The van der Waals surface area contributed by atoms with Crippen LogP contribution in [0.25, 0.3) is 22.2 Å². The summed E-state index contributed by atoms with van der Waals surface area (Å²) in [7, 11) is 0. The second-order valence-electron chi connectivity index (χ2n) is 5.99. The molecule has 3 aromatic rings. The third-order valence-electron chi connectivity index (χ3n) is 4.34. The minimum absolute atomic E-state index is 0.210. The minimum atomic E-state index is -0.810. The molecule has 0 spiro atoms. The number of nitrogens with one attached hydrogen (secondary N) is 1. The van der Waals surface area contributed by atoms with E-state index in [1.807, 2.05) is 42.5 Å². The van der Waals surface area contributed by atoms with Crippen LogP contribution < -0.4 is 5.32 Å². The number of hydrogen-bond acceptors (Lipinski definition) is 4. The van der Waals surface area contributed by atoms with E-state index < -0.39 is 5.41 Å². The Balaban J connectivity index is 1.57. The molecular formula is C19H14N4O. The fraction of sp³-hybridized carbons (Fsp3) is 0.158. The maximum atomic E-state index is 12.1. The normalized spacial score (nSPS) is 14.8. The first kappa shape index (κ1) is 14.3. The van der Waals surface area contributed by atoms with Crippen LogP contribution in [-0.2, 0) is 4.79 Å². The predicted molar refractivity (Wildman–Crippen MR) is 90.9 cm³/mol. The Morgan fingerprint density at radius 1 is 1.00 bits per heavy atom. The van der Waals surface area contributed by atoms with Gasteiger partial charge in [-0.15, -0.1) is 0 Å². The monoisotopic (exact) mass is 314 g/mol. The first-order chi connectivity index (χ1) is 11.7. The van der Waals surface area contributed by atoms with Crippen molar-refractivity contribution in [2.75, 3.05) is 5.32 Å². The van der Waals surface area contributed by atoms with Crippen molar-refractivity contribution in [3.05, 3.63) is 54.9 Å². The number of hydrogen-bond donors (Lipinski definition) is 1. The second-order valence-corrected chi connectivity index (χ2v) is 5.99. The third-order valence-corrected chi connectivity index (χ3v) is 4.34. The van der Waals surface area contributed by atoms with Crippen molar-refractivity contribution < 1.29 is 4.79 Å². The van der Waals surface area contributed by atoms with Crippen LogP contribution in [0.3, 0.4) is 0 Å². The van der Waals surface area contributed by atoms with Gasteiger partial charge in [0.2, 0.25) is 5.91 Å². The summed E-state index contributed by atoms with van der Waals surface area (Å²) in [6.07, 6.45) is 4.64. The summed E-state index contributed by atoms with van der Waals surface area (Å²) in [6, 6.07) is 15.6. The summed E-state index contributed by atoms with van der Waals surface area (Å²) >= 11 is 0. The SMILES string of the molecule is N#CC1(C(=O)Nc2ccc(-c3ccc4nccnc4c3)cc2)CC1. The highest BCUT2D eigenvalue weighted by atomic mass is 16.2. The van der Waals surface area contributed by atoms with Gasteiger partial charge in [-0.05, 0) is 48.2 Å². The molecule has 24 heavy (non-hydrogen) atoms. The van der Waals surface area contributed by atoms with Gasteiger partial charge in [-0.1, -0.05) is 18.2 Å². The van der Waals surface area contributed by atoms with Gasteiger partial charge in [-0.2, -0.15) is 5.26 Å². The lowest BCUT2D eigenvalue weighted by Gasteiger charge is -2.09. The van der Waals surface area contributed by atoms with Gasteiger partial charge in [0.05, 0.1) is 17.1 Å². The lowest BCUT2D eigenvalue weighted by molar-refractivity contribution is -0.119. The van der Waals surface area contributed by atoms with Crippen LogP contribution in [0.1, 0.15) is 12.8 Å². The molecule has 2 aromatic carbocycles. The molecule has 1 aliphatic carbocycles. The number of amides is 1. The molecule has 1 aliphatic rings. The number of fused-ring (bicyclic) bond motifs is 1. The molecule has 0 aliphatic heterocycles. The van der Waals surface area contributed by atoms with E-state index in [1.165, 1.54) is 0 Å². The molecule has 0 unspecified atom stereocenters. The molecule has 116 valence electrons. The summed E-state index contributed by atoms with van der Waals surface area (Å²) in [5.41, 5.74) is 3.66. The van der Waals surface area contributed by atoms with Gasteiger partial charge in [0, 0.05) is 18.1 Å². The molecule has 1 fully saturated rings. The lowest BCUT2D eigenvalue weighted by atomic mass is 10.0.